The molecule has 1 aliphatic rings. The van der Waals surface area contributed by atoms with Crippen LogP contribution < -0.4 is 20.1 Å². The number of benzene rings is 2. The van der Waals surface area contributed by atoms with Gasteiger partial charge in [0.2, 0.25) is 0 Å². The Labute approximate surface area is 190 Å². The Kier molecular flexibility index (Phi) is 7.17. The number of nitrogens with zero attached hydrogens (tertiary/aromatic N) is 1. The fourth-order valence-corrected chi connectivity index (χ4v) is 3.37. The normalized spacial score (nSPS) is 17.4. The number of hydrogen-bond acceptors (Lipinski definition) is 7. The van der Waals surface area contributed by atoms with Crippen LogP contribution in [0, 0.1) is 0 Å². The molecule has 0 aliphatic carbocycles. The first-order valence-corrected chi connectivity index (χ1v) is 10.1. The maximum absolute atomic E-state index is 12.8. The van der Waals surface area contributed by atoms with E-state index in [1.54, 1.807) is 55.5 Å². The predicted octanol–water partition coefficient (Wildman–Crippen LogP) is 1.33. The van der Waals surface area contributed by atoms with E-state index in [1.165, 1.54) is 14.2 Å². The lowest BCUT2D eigenvalue weighted by molar-refractivity contribution is -0.151. The average Bonchev–Trinajstić information content (AvgIpc) is 3.05. The number of rotatable bonds is 9. The molecule has 1 fully saturated rings. The molecule has 4 amide bonds. The molecule has 33 heavy (non-hydrogen) atoms. The number of esters is 1. The average molecular weight is 455 g/mol. The zero-order valence-electron chi connectivity index (χ0n) is 18.5. The molecule has 1 aliphatic heterocycles. The van der Waals surface area contributed by atoms with Gasteiger partial charge in [0, 0.05) is 6.54 Å². The maximum atomic E-state index is 12.8. The number of amides is 4. The van der Waals surface area contributed by atoms with Gasteiger partial charge in [-0.05, 0) is 30.2 Å². The van der Waals surface area contributed by atoms with Crippen molar-refractivity contribution in [2.45, 2.75) is 19.0 Å². The van der Waals surface area contributed by atoms with Crippen LogP contribution in [-0.4, -0.2) is 56.1 Å². The highest BCUT2D eigenvalue weighted by atomic mass is 16.5. The van der Waals surface area contributed by atoms with Crippen LogP contribution in [0.15, 0.2) is 48.5 Å². The van der Waals surface area contributed by atoms with E-state index in [0.29, 0.717) is 17.1 Å². The summed E-state index contributed by atoms with van der Waals surface area (Å²) in [5, 5.41) is 5.22. The Morgan fingerprint density at radius 1 is 1.03 bits per heavy atom. The van der Waals surface area contributed by atoms with E-state index in [1.807, 2.05) is 0 Å². The van der Waals surface area contributed by atoms with Gasteiger partial charge in [-0.2, -0.15) is 0 Å². The minimum Gasteiger partial charge on any atom is -0.493 e. The van der Waals surface area contributed by atoms with Gasteiger partial charge in [0.1, 0.15) is 12.1 Å². The topological polar surface area (TPSA) is 123 Å². The molecule has 2 N–H and O–H groups in total. The highest BCUT2D eigenvalue weighted by molar-refractivity contribution is 6.08. The third-order valence-corrected chi connectivity index (χ3v) is 5.22. The van der Waals surface area contributed by atoms with Crippen molar-refractivity contribution in [3.63, 3.8) is 0 Å². The Morgan fingerprint density at radius 2 is 1.73 bits per heavy atom. The predicted molar refractivity (Wildman–Crippen MR) is 116 cm³/mol. The molecule has 0 aromatic heterocycles. The lowest BCUT2D eigenvalue weighted by Crippen LogP contribution is -2.41. The smallest absolute Gasteiger partial charge is 0.326 e. The molecule has 2 aromatic rings. The van der Waals surface area contributed by atoms with Gasteiger partial charge in [-0.15, -0.1) is 0 Å². The molecule has 1 heterocycles. The van der Waals surface area contributed by atoms with E-state index in [9.17, 15) is 19.2 Å². The molecule has 2 aromatic carbocycles. The van der Waals surface area contributed by atoms with Crippen LogP contribution in [0.2, 0.25) is 0 Å². The summed E-state index contributed by atoms with van der Waals surface area (Å²) in [4.78, 5) is 50.1. The van der Waals surface area contributed by atoms with E-state index >= 15 is 0 Å². The lowest BCUT2D eigenvalue weighted by Gasteiger charge is -2.21. The van der Waals surface area contributed by atoms with Crippen LogP contribution in [0.5, 0.6) is 11.5 Å². The number of ether oxygens (including phenoxy) is 3. The number of hydrogen-bond donors (Lipinski definition) is 2. The van der Waals surface area contributed by atoms with E-state index in [2.05, 4.69) is 10.6 Å². The van der Waals surface area contributed by atoms with Crippen LogP contribution in [0.3, 0.4) is 0 Å². The molecule has 0 bridgehead atoms. The zero-order chi connectivity index (χ0) is 24.0. The van der Waals surface area contributed by atoms with Gasteiger partial charge in [0.15, 0.2) is 18.1 Å². The van der Waals surface area contributed by atoms with Crippen molar-refractivity contribution in [3.05, 3.63) is 59.7 Å². The van der Waals surface area contributed by atoms with Crippen molar-refractivity contribution < 1.29 is 33.4 Å². The Bertz CT molecular complexity index is 1060. The van der Waals surface area contributed by atoms with Gasteiger partial charge in [-0.1, -0.05) is 36.4 Å². The number of urea groups is 1. The van der Waals surface area contributed by atoms with Gasteiger partial charge in [0.05, 0.1) is 14.2 Å². The van der Waals surface area contributed by atoms with E-state index < -0.39 is 42.5 Å². The highest BCUT2D eigenvalue weighted by Gasteiger charge is 2.49. The van der Waals surface area contributed by atoms with Crippen molar-refractivity contribution in [2.24, 2.45) is 0 Å². The van der Waals surface area contributed by atoms with Gasteiger partial charge < -0.3 is 24.8 Å². The summed E-state index contributed by atoms with van der Waals surface area (Å²) in [5.41, 5.74) is 0.0655. The number of methoxy groups -OCH3 is 2. The van der Waals surface area contributed by atoms with Crippen LogP contribution >= 0.6 is 0 Å². The molecule has 0 spiro atoms. The van der Waals surface area contributed by atoms with Crippen molar-refractivity contribution in [1.29, 1.82) is 0 Å². The molecular formula is C23H25N3O7. The Balaban J connectivity index is 1.49. The molecule has 0 saturated carbocycles. The monoisotopic (exact) mass is 455 g/mol. The fourth-order valence-electron chi connectivity index (χ4n) is 3.37. The first-order chi connectivity index (χ1) is 15.8. The molecule has 1 atom stereocenters. The van der Waals surface area contributed by atoms with Crippen molar-refractivity contribution in [1.82, 2.24) is 15.5 Å². The fraction of sp³-hybridized carbons (Fsp3) is 0.304. The van der Waals surface area contributed by atoms with Crippen LogP contribution in [-0.2, 0) is 31.2 Å². The molecule has 10 heteroatoms. The molecule has 0 unspecified atom stereocenters. The van der Waals surface area contributed by atoms with Crippen LogP contribution in [0.25, 0.3) is 0 Å². The second-order valence-corrected chi connectivity index (χ2v) is 7.44. The summed E-state index contributed by atoms with van der Waals surface area (Å²) in [6, 6.07) is 13.2. The molecule has 3 rings (SSSR count). The quantitative estimate of drug-likeness (QED) is 0.432. The van der Waals surface area contributed by atoms with E-state index in [0.717, 1.165) is 10.5 Å². The standard InChI is InChI=1S/C23H25N3O7/c1-23(16-7-5-4-6-8-16)21(29)26(22(30)25-23)13-20(28)33-14-19(27)24-12-15-9-10-17(31-2)18(11-15)32-3/h4-11H,12-14H2,1-3H3,(H,24,27)(H,25,30)/t23-/m0/s1. The summed E-state index contributed by atoms with van der Waals surface area (Å²) in [6.07, 6.45) is 0. The van der Waals surface area contributed by atoms with Gasteiger partial charge in [-0.3, -0.25) is 19.3 Å². The van der Waals surface area contributed by atoms with E-state index in [4.69, 9.17) is 14.2 Å². The Morgan fingerprint density at radius 3 is 2.39 bits per heavy atom. The SMILES string of the molecule is COc1ccc(CNC(=O)COC(=O)CN2C(=O)N[C@@](C)(c3ccccc3)C2=O)cc1OC. The number of imide groups is 1. The van der Waals surface area contributed by atoms with Crippen LogP contribution in [0.1, 0.15) is 18.1 Å². The summed E-state index contributed by atoms with van der Waals surface area (Å²) >= 11 is 0. The van der Waals surface area contributed by atoms with Crippen molar-refractivity contribution >= 4 is 23.8 Å². The van der Waals surface area contributed by atoms with Gasteiger partial charge >= 0.3 is 12.0 Å². The number of nitrogens with one attached hydrogen (secondary N) is 2. The molecule has 0 radical (unpaired) electrons. The summed E-state index contributed by atoms with van der Waals surface area (Å²) in [7, 11) is 3.03. The maximum Gasteiger partial charge on any atom is 0.326 e. The van der Waals surface area contributed by atoms with Crippen molar-refractivity contribution in [2.75, 3.05) is 27.4 Å². The van der Waals surface area contributed by atoms with Crippen LogP contribution in [0.4, 0.5) is 4.79 Å². The zero-order valence-corrected chi connectivity index (χ0v) is 18.5. The van der Waals surface area contributed by atoms with Gasteiger partial charge in [0.25, 0.3) is 11.8 Å². The third kappa shape index (κ3) is 5.22. The van der Waals surface area contributed by atoms with E-state index in [-0.39, 0.29) is 6.54 Å². The second kappa shape index (κ2) is 10.0. The molecule has 174 valence electrons. The minimum absolute atomic E-state index is 0.180. The third-order valence-electron chi connectivity index (χ3n) is 5.22. The Hall–Kier alpha value is -4.08. The lowest BCUT2D eigenvalue weighted by atomic mass is 9.92. The van der Waals surface area contributed by atoms with Crippen molar-refractivity contribution in [3.8, 4) is 11.5 Å². The first-order valence-electron chi connectivity index (χ1n) is 10.1. The van der Waals surface area contributed by atoms with Gasteiger partial charge in [-0.25, -0.2) is 4.79 Å². The molecular weight excluding hydrogens is 430 g/mol. The number of carbonyl (C=O) groups excluding carboxylic acids is 4. The molecule has 1 saturated heterocycles. The summed E-state index contributed by atoms with van der Waals surface area (Å²) in [5.74, 6) is -0.910. The summed E-state index contributed by atoms with van der Waals surface area (Å²) < 4.78 is 15.3. The largest absolute Gasteiger partial charge is 0.493 e. The number of carbonyl (C=O) groups is 4. The highest BCUT2D eigenvalue weighted by Crippen LogP contribution is 2.29. The summed E-state index contributed by atoms with van der Waals surface area (Å²) in [6.45, 7) is 0.594. The minimum atomic E-state index is -1.28. The second-order valence-electron chi connectivity index (χ2n) is 7.44. The molecule has 10 nitrogen and oxygen atoms in total. The first kappa shape index (κ1) is 23.6.